The SMILES string of the molecule is CC(C)COC(=O)N[C@@H](Cc1ccccc1C(F)(F)F)CN1C(=O)c2ccccc2C1=O. The van der Waals surface area contributed by atoms with Crippen molar-refractivity contribution in [3.05, 3.63) is 70.8 Å². The molecular formula is C23H23F3N2O4. The first-order valence-corrected chi connectivity index (χ1v) is 10.1. The number of alkyl halides is 3. The van der Waals surface area contributed by atoms with Gasteiger partial charge in [-0.1, -0.05) is 44.2 Å². The van der Waals surface area contributed by atoms with E-state index in [4.69, 9.17) is 4.74 Å². The summed E-state index contributed by atoms with van der Waals surface area (Å²) < 4.78 is 45.4. The van der Waals surface area contributed by atoms with Crippen molar-refractivity contribution >= 4 is 17.9 Å². The van der Waals surface area contributed by atoms with Gasteiger partial charge in [0, 0.05) is 0 Å². The second-order valence-electron chi connectivity index (χ2n) is 7.96. The Hall–Kier alpha value is -3.36. The number of hydrogen-bond acceptors (Lipinski definition) is 4. The van der Waals surface area contributed by atoms with Crippen molar-refractivity contribution in [3.63, 3.8) is 0 Å². The molecule has 0 aromatic heterocycles. The van der Waals surface area contributed by atoms with E-state index in [0.717, 1.165) is 11.0 Å². The van der Waals surface area contributed by atoms with Gasteiger partial charge < -0.3 is 10.1 Å². The molecule has 0 saturated heterocycles. The monoisotopic (exact) mass is 448 g/mol. The van der Waals surface area contributed by atoms with Gasteiger partial charge in [0.1, 0.15) is 0 Å². The lowest BCUT2D eigenvalue weighted by Crippen LogP contribution is -2.47. The third-order valence-electron chi connectivity index (χ3n) is 4.94. The van der Waals surface area contributed by atoms with E-state index in [1.165, 1.54) is 30.3 Å². The first kappa shape index (κ1) is 23.3. The molecule has 170 valence electrons. The Balaban J connectivity index is 1.85. The lowest BCUT2D eigenvalue weighted by atomic mass is 9.99. The summed E-state index contributed by atoms with van der Waals surface area (Å²) in [6.07, 6.45) is -5.67. The van der Waals surface area contributed by atoms with E-state index in [-0.39, 0.29) is 42.2 Å². The van der Waals surface area contributed by atoms with Crippen LogP contribution in [0.2, 0.25) is 0 Å². The van der Waals surface area contributed by atoms with Gasteiger partial charge in [0.25, 0.3) is 11.8 Å². The molecule has 0 unspecified atom stereocenters. The van der Waals surface area contributed by atoms with E-state index in [2.05, 4.69) is 5.32 Å². The van der Waals surface area contributed by atoms with Gasteiger partial charge in [-0.15, -0.1) is 0 Å². The highest BCUT2D eigenvalue weighted by Crippen LogP contribution is 2.32. The number of ether oxygens (including phenoxy) is 1. The zero-order chi connectivity index (χ0) is 23.5. The van der Waals surface area contributed by atoms with Crippen molar-refractivity contribution in [2.45, 2.75) is 32.5 Å². The number of rotatable bonds is 7. The van der Waals surface area contributed by atoms with Gasteiger partial charge in [-0.05, 0) is 36.1 Å². The van der Waals surface area contributed by atoms with Gasteiger partial charge in [0.15, 0.2) is 0 Å². The predicted molar refractivity (Wildman–Crippen MR) is 110 cm³/mol. The molecule has 0 bridgehead atoms. The van der Waals surface area contributed by atoms with Crippen LogP contribution in [0.1, 0.15) is 45.7 Å². The van der Waals surface area contributed by atoms with Crippen molar-refractivity contribution in [2.24, 2.45) is 5.92 Å². The number of hydrogen-bond donors (Lipinski definition) is 1. The van der Waals surface area contributed by atoms with Crippen molar-refractivity contribution in [2.75, 3.05) is 13.2 Å². The number of carbonyl (C=O) groups excluding carboxylic acids is 3. The number of nitrogens with one attached hydrogen (secondary N) is 1. The highest BCUT2D eigenvalue weighted by Gasteiger charge is 2.38. The number of carbonyl (C=O) groups is 3. The summed E-state index contributed by atoms with van der Waals surface area (Å²) >= 11 is 0. The Morgan fingerprint density at radius 2 is 1.56 bits per heavy atom. The molecule has 3 amide bonds. The summed E-state index contributed by atoms with van der Waals surface area (Å²) in [5.41, 5.74) is -0.473. The summed E-state index contributed by atoms with van der Waals surface area (Å²) in [4.78, 5) is 38.6. The predicted octanol–water partition coefficient (Wildman–Crippen LogP) is 4.29. The van der Waals surface area contributed by atoms with Crippen LogP contribution in [0.25, 0.3) is 0 Å². The molecule has 0 saturated carbocycles. The first-order chi connectivity index (χ1) is 15.1. The topological polar surface area (TPSA) is 75.7 Å². The summed E-state index contributed by atoms with van der Waals surface area (Å²) in [5, 5.41) is 2.52. The molecule has 0 fully saturated rings. The molecule has 6 nitrogen and oxygen atoms in total. The molecule has 9 heteroatoms. The minimum Gasteiger partial charge on any atom is -0.449 e. The van der Waals surface area contributed by atoms with E-state index in [1.54, 1.807) is 12.1 Å². The van der Waals surface area contributed by atoms with E-state index < -0.39 is 35.7 Å². The standard InChI is InChI=1S/C23H23F3N2O4/c1-14(2)13-32-22(31)27-16(11-15-7-3-6-10-19(15)23(24,25)26)12-28-20(29)17-8-4-5-9-18(17)21(28)30/h3-10,14,16H,11-13H2,1-2H3,(H,27,31)/t16-/m0/s1. The van der Waals surface area contributed by atoms with Crippen LogP contribution in [0, 0.1) is 5.92 Å². The number of halogens is 3. The van der Waals surface area contributed by atoms with Crippen LogP contribution in [0.4, 0.5) is 18.0 Å². The molecular weight excluding hydrogens is 425 g/mol. The van der Waals surface area contributed by atoms with E-state index in [1.807, 2.05) is 13.8 Å². The largest absolute Gasteiger partial charge is 0.449 e. The van der Waals surface area contributed by atoms with Crippen LogP contribution < -0.4 is 5.32 Å². The second-order valence-corrected chi connectivity index (χ2v) is 7.96. The maximum atomic E-state index is 13.4. The Morgan fingerprint density at radius 1 is 1.00 bits per heavy atom. The molecule has 1 aliphatic heterocycles. The number of alkyl carbamates (subject to hydrolysis) is 1. The van der Waals surface area contributed by atoms with Gasteiger partial charge in [-0.2, -0.15) is 13.2 Å². The van der Waals surface area contributed by atoms with Gasteiger partial charge in [-0.3, -0.25) is 14.5 Å². The Kier molecular flexibility index (Phi) is 6.86. The number of imide groups is 1. The van der Waals surface area contributed by atoms with Crippen LogP contribution in [0.15, 0.2) is 48.5 Å². The van der Waals surface area contributed by atoms with Crippen LogP contribution in [0.3, 0.4) is 0 Å². The van der Waals surface area contributed by atoms with Crippen LogP contribution in [-0.4, -0.2) is 42.0 Å². The maximum absolute atomic E-state index is 13.4. The van der Waals surface area contributed by atoms with Crippen LogP contribution in [0.5, 0.6) is 0 Å². The fourth-order valence-corrected chi connectivity index (χ4v) is 3.48. The minimum absolute atomic E-state index is 0.0568. The van der Waals surface area contributed by atoms with Crippen LogP contribution in [-0.2, 0) is 17.3 Å². The molecule has 0 spiro atoms. The molecule has 1 atom stereocenters. The molecule has 2 aromatic carbocycles. The third-order valence-corrected chi connectivity index (χ3v) is 4.94. The average molecular weight is 448 g/mol. The molecule has 1 heterocycles. The fraction of sp³-hybridized carbons (Fsp3) is 0.348. The molecule has 1 N–H and O–H groups in total. The van der Waals surface area contributed by atoms with Crippen molar-refractivity contribution < 1.29 is 32.3 Å². The molecule has 3 rings (SSSR count). The minimum atomic E-state index is -4.59. The van der Waals surface area contributed by atoms with E-state index in [0.29, 0.717) is 0 Å². The van der Waals surface area contributed by atoms with Crippen molar-refractivity contribution in [1.29, 1.82) is 0 Å². The normalized spacial score (nSPS) is 14.5. The Labute approximate surface area is 183 Å². The summed E-state index contributed by atoms with van der Waals surface area (Å²) in [7, 11) is 0. The summed E-state index contributed by atoms with van der Waals surface area (Å²) in [6, 6.07) is 10.3. The smallest absolute Gasteiger partial charge is 0.416 e. The highest BCUT2D eigenvalue weighted by molar-refractivity contribution is 6.21. The van der Waals surface area contributed by atoms with Crippen molar-refractivity contribution in [1.82, 2.24) is 10.2 Å². The number of benzene rings is 2. The Morgan fingerprint density at radius 3 is 2.12 bits per heavy atom. The van der Waals surface area contributed by atoms with Crippen molar-refractivity contribution in [3.8, 4) is 0 Å². The van der Waals surface area contributed by atoms with Gasteiger partial charge >= 0.3 is 12.3 Å². The number of fused-ring (bicyclic) bond motifs is 1. The lowest BCUT2D eigenvalue weighted by molar-refractivity contribution is -0.138. The first-order valence-electron chi connectivity index (χ1n) is 10.1. The summed E-state index contributed by atoms with van der Waals surface area (Å²) in [5.74, 6) is -1.06. The number of nitrogens with zero attached hydrogens (tertiary/aromatic N) is 1. The zero-order valence-corrected chi connectivity index (χ0v) is 17.6. The molecule has 0 aliphatic carbocycles. The summed E-state index contributed by atoms with van der Waals surface area (Å²) in [6.45, 7) is 3.49. The maximum Gasteiger partial charge on any atom is 0.416 e. The third kappa shape index (κ3) is 5.27. The average Bonchev–Trinajstić information content (AvgIpc) is 2.97. The Bertz CT molecular complexity index is 985. The van der Waals surface area contributed by atoms with Gasteiger partial charge in [0.05, 0.1) is 35.9 Å². The number of amides is 3. The van der Waals surface area contributed by atoms with Gasteiger partial charge in [-0.25, -0.2) is 4.79 Å². The molecule has 2 aromatic rings. The van der Waals surface area contributed by atoms with E-state index in [9.17, 15) is 27.6 Å². The lowest BCUT2D eigenvalue weighted by Gasteiger charge is -2.25. The fourth-order valence-electron chi connectivity index (χ4n) is 3.48. The van der Waals surface area contributed by atoms with E-state index >= 15 is 0 Å². The quantitative estimate of drug-likeness (QED) is 0.641. The molecule has 32 heavy (non-hydrogen) atoms. The molecule has 0 radical (unpaired) electrons. The zero-order valence-electron chi connectivity index (χ0n) is 17.6. The molecule has 1 aliphatic rings. The second kappa shape index (κ2) is 9.42. The van der Waals surface area contributed by atoms with Crippen LogP contribution >= 0.6 is 0 Å². The highest BCUT2D eigenvalue weighted by atomic mass is 19.4. The van der Waals surface area contributed by atoms with Gasteiger partial charge in [0.2, 0.25) is 0 Å².